The SMILES string of the molecule is O=C1c2cc(Cl)ccc2OCC1(CO)n1ccnc1. The average Bonchev–Trinajstić information content (AvgIpc) is 2.95. The zero-order chi connectivity index (χ0) is 13.5. The van der Waals surface area contributed by atoms with Gasteiger partial charge in [0.15, 0.2) is 11.3 Å². The standard InChI is InChI=1S/C13H11ClN2O3/c14-9-1-2-11-10(5-9)12(18)13(6-17,7-19-11)16-4-3-15-8-16/h1-5,8,17H,6-7H2. The fourth-order valence-corrected chi connectivity index (χ4v) is 2.39. The summed E-state index contributed by atoms with van der Waals surface area (Å²) in [5.41, 5.74) is -0.796. The number of halogens is 1. The summed E-state index contributed by atoms with van der Waals surface area (Å²) in [6.45, 7) is -0.304. The molecule has 98 valence electrons. The number of ketones is 1. The van der Waals surface area contributed by atoms with Gasteiger partial charge in [-0.3, -0.25) is 4.79 Å². The Bertz CT molecular complexity index is 627. The number of aliphatic hydroxyl groups is 1. The Labute approximate surface area is 114 Å². The van der Waals surface area contributed by atoms with Crippen molar-refractivity contribution in [1.29, 1.82) is 0 Å². The van der Waals surface area contributed by atoms with Gasteiger partial charge in [0.1, 0.15) is 12.4 Å². The third-order valence-electron chi connectivity index (χ3n) is 3.34. The number of rotatable bonds is 2. The number of imidazole rings is 1. The van der Waals surface area contributed by atoms with Gasteiger partial charge < -0.3 is 14.4 Å². The van der Waals surface area contributed by atoms with Gasteiger partial charge in [-0.2, -0.15) is 0 Å². The Hall–Kier alpha value is -1.85. The highest BCUT2D eigenvalue weighted by atomic mass is 35.5. The summed E-state index contributed by atoms with van der Waals surface area (Å²) in [6, 6.07) is 4.88. The maximum Gasteiger partial charge on any atom is 0.198 e. The van der Waals surface area contributed by atoms with Crippen LogP contribution in [0.3, 0.4) is 0 Å². The van der Waals surface area contributed by atoms with Gasteiger partial charge in [-0.15, -0.1) is 0 Å². The van der Waals surface area contributed by atoms with E-state index >= 15 is 0 Å². The van der Waals surface area contributed by atoms with Crippen LogP contribution in [0.1, 0.15) is 10.4 Å². The minimum atomic E-state index is -1.17. The molecule has 0 amide bonds. The first-order valence-corrected chi connectivity index (χ1v) is 6.11. The van der Waals surface area contributed by atoms with Gasteiger partial charge in [0.05, 0.1) is 18.5 Å². The van der Waals surface area contributed by atoms with Crippen molar-refractivity contribution >= 4 is 17.4 Å². The lowest BCUT2D eigenvalue weighted by molar-refractivity contribution is 0.0425. The van der Waals surface area contributed by atoms with Crippen molar-refractivity contribution in [3.8, 4) is 5.75 Å². The first-order chi connectivity index (χ1) is 9.17. The number of carbonyl (C=O) groups is 1. The number of fused-ring (bicyclic) bond motifs is 1. The van der Waals surface area contributed by atoms with Crippen LogP contribution in [0.25, 0.3) is 0 Å². The van der Waals surface area contributed by atoms with Crippen LogP contribution in [-0.4, -0.2) is 33.7 Å². The van der Waals surface area contributed by atoms with E-state index in [0.29, 0.717) is 16.3 Å². The van der Waals surface area contributed by atoms with Crippen LogP contribution < -0.4 is 4.74 Å². The number of aromatic nitrogens is 2. The summed E-state index contributed by atoms with van der Waals surface area (Å²) in [6.07, 6.45) is 4.68. The van der Waals surface area contributed by atoms with E-state index in [9.17, 15) is 9.90 Å². The zero-order valence-electron chi connectivity index (χ0n) is 9.91. The third kappa shape index (κ3) is 1.74. The van der Waals surface area contributed by atoms with Crippen LogP contribution in [0.5, 0.6) is 5.75 Å². The lowest BCUT2D eigenvalue weighted by atomic mass is 9.87. The van der Waals surface area contributed by atoms with Crippen LogP contribution in [-0.2, 0) is 5.54 Å². The molecule has 1 aromatic carbocycles. The van der Waals surface area contributed by atoms with Crippen molar-refractivity contribution < 1.29 is 14.6 Å². The third-order valence-corrected chi connectivity index (χ3v) is 3.57. The number of Topliss-reactive ketones (excluding diaryl/α,β-unsaturated/α-hetero) is 1. The fourth-order valence-electron chi connectivity index (χ4n) is 2.22. The summed E-state index contributed by atoms with van der Waals surface area (Å²) in [4.78, 5) is 16.6. The summed E-state index contributed by atoms with van der Waals surface area (Å²) in [5, 5.41) is 10.1. The smallest absolute Gasteiger partial charge is 0.198 e. The predicted molar refractivity (Wildman–Crippen MR) is 68.6 cm³/mol. The maximum absolute atomic E-state index is 12.7. The number of carbonyl (C=O) groups excluding carboxylic acids is 1. The molecule has 19 heavy (non-hydrogen) atoms. The van der Waals surface area contributed by atoms with Crippen molar-refractivity contribution in [2.45, 2.75) is 5.54 Å². The molecule has 5 nitrogen and oxygen atoms in total. The molecule has 0 fully saturated rings. The highest BCUT2D eigenvalue weighted by Gasteiger charge is 2.45. The maximum atomic E-state index is 12.7. The monoisotopic (exact) mass is 278 g/mol. The molecule has 0 saturated heterocycles. The Balaban J connectivity index is 2.14. The minimum Gasteiger partial charge on any atom is -0.490 e. The molecule has 1 aliphatic rings. The molecular weight excluding hydrogens is 268 g/mol. The molecule has 6 heteroatoms. The minimum absolute atomic E-state index is 0.0628. The van der Waals surface area contributed by atoms with Gasteiger partial charge in [0.25, 0.3) is 0 Å². The zero-order valence-corrected chi connectivity index (χ0v) is 10.7. The van der Waals surface area contributed by atoms with Gasteiger partial charge in [-0.1, -0.05) is 11.6 Å². The van der Waals surface area contributed by atoms with Crippen molar-refractivity contribution in [2.24, 2.45) is 0 Å². The van der Waals surface area contributed by atoms with E-state index in [-0.39, 0.29) is 19.0 Å². The Kier molecular flexibility index (Phi) is 2.80. The van der Waals surface area contributed by atoms with Crippen molar-refractivity contribution in [3.63, 3.8) is 0 Å². The number of hydrogen-bond donors (Lipinski definition) is 1. The van der Waals surface area contributed by atoms with Crippen molar-refractivity contribution in [2.75, 3.05) is 13.2 Å². The predicted octanol–water partition coefficient (Wildman–Crippen LogP) is 1.50. The van der Waals surface area contributed by atoms with E-state index in [1.165, 1.54) is 6.33 Å². The average molecular weight is 279 g/mol. The summed E-state index contributed by atoms with van der Waals surface area (Å²) < 4.78 is 7.16. The van der Waals surface area contributed by atoms with Gasteiger partial charge in [-0.05, 0) is 18.2 Å². The lowest BCUT2D eigenvalue weighted by Crippen LogP contribution is -2.52. The largest absolute Gasteiger partial charge is 0.490 e. The number of benzene rings is 1. The van der Waals surface area contributed by atoms with Crippen LogP contribution in [0, 0.1) is 0 Å². The molecule has 0 saturated carbocycles. The van der Waals surface area contributed by atoms with E-state index in [1.54, 1.807) is 35.2 Å². The van der Waals surface area contributed by atoms with Gasteiger partial charge in [0.2, 0.25) is 0 Å². The van der Waals surface area contributed by atoms with Gasteiger partial charge in [-0.25, -0.2) is 4.98 Å². The molecule has 3 rings (SSSR count). The molecule has 0 aliphatic carbocycles. The van der Waals surface area contributed by atoms with Gasteiger partial charge in [0, 0.05) is 17.4 Å². The lowest BCUT2D eigenvalue weighted by Gasteiger charge is -2.35. The van der Waals surface area contributed by atoms with Gasteiger partial charge >= 0.3 is 0 Å². The Morgan fingerprint density at radius 1 is 1.53 bits per heavy atom. The normalized spacial score (nSPS) is 21.9. The van der Waals surface area contributed by atoms with Crippen LogP contribution in [0.2, 0.25) is 5.02 Å². The summed E-state index contributed by atoms with van der Waals surface area (Å²) >= 11 is 5.91. The van der Waals surface area contributed by atoms with E-state index < -0.39 is 5.54 Å². The second-order valence-electron chi connectivity index (χ2n) is 4.42. The van der Waals surface area contributed by atoms with Crippen LogP contribution in [0.4, 0.5) is 0 Å². The molecule has 1 aliphatic heterocycles. The fraction of sp³-hybridized carbons (Fsp3) is 0.231. The molecule has 2 heterocycles. The highest BCUT2D eigenvalue weighted by Crippen LogP contribution is 2.35. The summed E-state index contributed by atoms with van der Waals surface area (Å²) in [5.74, 6) is 0.260. The second kappa shape index (κ2) is 4.36. The number of hydrogen-bond acceptors (Lipinski definition) is 4. The van der Waals surface area contributed by atoms with Crippen molar-refractivity contribution in [1.82, 2.24) is 9.55 Å². The Morgan fingerprint density at radius 2 is 2.37 bits per heavy atom. The molecule has 1 atom stereocenters. The molecule has 0 radical (unpaired) electrons. The van der Waals surface area contributed by atoms with E-state index in [1.807, 2.05) is 0 Å². The van der Waals surface area contributed by atoms with Crippen molar-refractivity contribution in [3.05, 3.63) is 47.5 Å². The summed E-state index contributed by atoms with van der Waals surface area (Å²) in [7, 11) is 0. The number of ether oxygens (including phenoxy) is 1. The first-order valence-electron chi connectivity index (χ1n) is 5.74. The van der Waals surface area contributed by atoms with E-state index in [4.69, 9.17) is 16.3 Å². The molecule has 0 spiro atoms. The number of aliphatic hydroxyl groups excluding tert-OH is 1. The highest BCUT2D eigenvalue weighted by molar-refractivity contribution is 6.31. The first kappa shape index (κ1) is 12.2. The molecular formula is C13H11ClN2O3. The second-order valence-corrected chi connectivity index (χ2v) is 4.85. The molecule has 1 aromatic heterocycles. The number of nitrogens with zero attached hydrogens (tertiary/aromatic N) is 2. The van der Waals surface area contributed by atoms with Crippen LogP contribution in [0.15, 0.2) is 36.9 Å². The van der Waals surface area contributed by atoms with E-state index in [2.05, 4.69) is 4.98 Å². The van der Waals surface area contributed by atoms with Crippen LogP contribution >= 0.6 is 11.6 Å². The quantitative estimate of drug-likeness (QED) is 0.904. The molecule has 2 aromatic rings. The molecule has 1 N–H and O–H groups in total. The van der Waals surface area contributed by atoms with E-state index in [0.717, 1.165) is 0 Å². The topological polar surface area (TPSA) is 64.3 Å². The molecule has 1 unspecified atom stereocenters. The Morgan fingerprint density at radius 3 is 3.05 bits per heavy atom. The molecule has 0 bridgehead atoms.